The Hall–Kier alpha value is -3.69. The summed E-state index contributed by atoms with van der Waals surface area (Å²) >= 11 is 0. The summed E-state index contributed by atoms with van der Waals surface area (Å²) in [5.74, 6) is -3.13. The Kier molecular flexibility index (Phi) is 7.40. The summed E-state index contributed by atoms with van der Waals surface area (Å²) in [5, 5.41) is 17.1. The molecule has 172 valence electrons. The van der Waals surface area contributed by atoms with Crippen molar-refractivity contribution >= 4 is 23.5 Å². The lowest BCUT2D eigenvalue weighted by Crippen LogP contribution is -2.39. The molecule has 1 unspecified atom stereocenters. The first-order valence-corrected chi connectivity index (χ1v) is 9.87. The van der Waals surface area contributed by atoms with Gasteiger partial charge in [-0.05, 0) is 34.6 Å². The maximum absolute atomic E-state index is 13.1. The summed E-state index contributed by atoms with van der Waals surface area (Å²) in [5.41, 5.74) is 0.0957. The normalized spacial score (nSPS) is 16.2. The molecule has 0 spiro atoms. The molecule has 10 heteroatoms. The van der Waals surface area contributed by atoms with Gasteiger partial charge in [-0.15, -0.1) is 0 Å². The van der Waals surface area contributed by atoms with Crippen LogP contribution in [0.2, 0.25) is 0 Å². The van der Waals surface area contributed by atoms with Crippen LogP contribution in [-0.4, -0.2) is 42.0 Å². The zero-order valence-corrected chi connectivity index (χ0v) is 18.9. The Morgan fingerprint density at radius 1 is 1.12 bits per heavy atom. The predicted octanol–water partition coefficient (Wildman–Crippen LogP) is 2.46. The summed E-state index contributed by atoms with van der Waals surface area (Å²) in [6.45, 7) is 7.92. The lowest BCUT2D eigenvalue weighted by Gasteiger charge is -2.30. The Morgan fingerprint density at radius 2 is 1.72 bits per heavy atom. The van der Waals surface area contributed by atoms with Gasteiger partial charge in [-0.1, -0.05) is 18.2 Å². The molecule has 1 aromatic rings. The zero-order chi connectivity index (χ0) is 24.2. The number of ether oxygens (including phenoxy) is 2. The predicted molar refractivity (Wildman–Crippen MR) is 115 cm³/mol. The van der Waals surface area contributed by atoms with Gasteiger partial charge in [0.25, 0.3) is 5.69 Å². The Bertz CT molecular complexity index is 1020. The third kappa shape index (κ3) is 5.51. The zero-order valence-electron chi connectivity index (χ0n) is 18.9. The van der Waals surface area contributed by atoms with Crippen molar-refractivity contribution in [3.63, 3.8) is 0 Å². The van der Waals surface area contributed by atoms with Gasteiger partial charge in [-0.2, -0.15) is 0 Å². The molecule has 0 bridgehead atoms. The number of benzene rings is 1. The number of allylic oxidation sites excluding steroid dienone is 2. The van der Waals surface area contributed by atoms with Crippen molar-refractivity contribution in [3.8, 4) is 0 Å². The number of methoxy groups -OCH3 is 1. The Balaban J connectivity index is 2.53. The van der Waals surface area contributed by atoms with Crippen LogP contribution in [0.3, 0.4) is 0 Å². The van der Waals surface area contributed by atoms with Gasteiger partial charge in [0, 0.05) is 28.6 Å². The molecule has 10 nitrogen and oxygen atoms in total. The van der Waals surface area contributed by atoms with E-state index in [1.54, 1.807) is 40.7 Å². The number of nitrogens with zero attached hydrogens (tertiary/aromatic N) is 1. The van der Waals surface area contributed by atoms with E-state index in [9.17, 15) is 24.5 Å². The summed E-state index contributed by atoms with van der Waals surface area (Å²) in [6, 6.07) is 5.86. The standard InChI is InChI=1S/C22H27N3O7/c1-12-17(20(27)23-11-16(26)32-22(3,4)5)19(18(13(2)24-12)21(28)31-6)14-9-7-8-10-15(14)25(29)30/h7-10,19,24H,11H2,1-6H3,(H,23,27). The number of hydrogen-bond donors (Lipinski definition) is 2. The second-order valence-electron chi connectivity index (χ2n) is 8.21. The molecule has 0 aromatic heterocycles. The van der Waals surface area contributed by atoms with E-state index in [1.165, 1.54) is 25.3 Å². The molecule has 1 heterocycles. The minimum atomic E-state index is -1.08. The van der Waals surface area contributed by atoms with E-state index in [0.29, 0.717) is 11.4 Å². The molecule has 1 aromatic carbocycles. The molecule has 0 saturated heterocycles. The van der Waals surface area contributed by atoms with E-state index in [1.807, 2.05) is 0 Å². The molecule has 2 rings (SSSR count). The van der Waals surface area contributed by atoms with Gasteiger partial charge in [0.1, 0.15) is 12.1 Å². The monoisotopic (exact) mass is 445 g/mol. The number of rotatable bonds is 6. The molecule has 1 aliphatic heterocycles. The van der Waals surface area contributed by atoms with Gasteiger partial charge in [0.2, 0.25) is 5.91 Å². The third-order valence-corrected chi connectivity index (χ3v) is 4.67. The second-order valence-corrected chi connectivity index (χ2v) is 8.21. The second kappa shape index (κ2) is 9.63. The minimum absolute atomic E-state index is 0.0638. The highest BCUT2D eigenvalue weighted by Crippen LogP contribution is 2.42. The highest BCUT2D eigenvalue weighted by Gasteiger charge is 2.40. The molecule has 0 saturated carbocycles. The Labute approximate surface area is 185 Å². The number of carbonyl (C=O) groups is 3. The Morgan fingerprint density at radius 3 is 2.28 bits per heavy atom. The van der Waals surface area contributed by atoms with Crippen LogP contribution in [0.25, 0.3) is 0 Å². The number of nitro groups is 1. The molecular weight excluding hydrogens is 418 g/mol. The lowest BCUT2D eigenvalue weighted by atomic mass is 9.79. The van der Waals surface area contributed by atoms with Gasteiger partial charge in [0.15, 0.2) is 0 Å². The largest absolute Gasteiger partial charge is 0.466 e. The summed E-state index contributed by atoms with van der Waals surface area (Å²) in [7, 11) is 1.19. The molecule has 32 heavy (non-hydrogen) atoms. The van der Waals surface area contributed by atoms with E-state index in [0.717, 1.165) is 0 Å². The van der Waals surface area contributed by atoms with Crippen molar-refractivity contribution < 1.29 is 28.8 Å². The van der Waals surface area contributed by atoms with Gasteiger partial charge >= 0.3 is 11.9 Å². The smallest absolute Gasteiger partial charge is 0.336 e. The number of nitro benzene ring substituents is 1. The quantitative estimate of drug-likeness (QED) is 0.387. The number of para-hydroxylation sites is 1. The average molecular weight is 445 g/mol. The number of amides is 1. The first-order chi connectivity index (χ1) is 14.9. The van der Waals surface area contributed by atoms with Crippen LogP contribution in [0.5, 0.6) is 0 Å². The first kappa shape index (κ1) is 24.6. The van der Waals surface area contributed by atoms with Gasteiger partial charge in [0.05, 0.1) is 23.5 Å². The SMILES string of the molecule is COC(=O)C1=C(C)NC(C)=C(C(=O)NCC(=O)OC(C)(C)C)C1c1ccccc1[N+](=O)[O-]. The van der Waals surface area contributed by atoms with Crippen molar-refractivity contribution in [3.05, 3.63) is 62.5 Å². The highest BCUT2D eigenvalue weighted by molar-refractivity contribution is 6.03. The summed E-state index contributed by atoms with van der Waals surface area (Å²) in [4.78, 5) is 48.9. The van der Waals surface area contributed by atoms with E-state index in [2.05, 4.69) is 10.6 Å². The fourth-order valence-corrected chi connectivity index (χ4v) is 3.51. The molecular formula is C22H27N3O7. The van der Waals surface area contributed by atoms with Crippen LogP contribution < -0.4 is 10.6 Å². The van der Waals surface area contributed by atoms with E-state index in [4.69, 9.17) is 9.47 Å². The molecule has 0 fully saturated rings. The highest BCUT2D eigenvalue weighted by atomic mass is 16.6. The van der Waals surface area contributed by atoms with Crippen LogP contribution >= 0.6 is 0 Å². The van der Waals surface area contributed by atoms with Crippen LogP contribution in [0.1, 0.15) is 46.1 Å². The van der Waals surface area contributed by atoms with Crippen LogP contribution in [0, 0.1) is 10.1 Å². The van der Waals surface area contributed by atoms with Crippen molar-refractivity contribution in [2.75, 3.05) is 13.7 Å². The number of esters is 2. The van der Waals surface area contributed by atoms with E-state index >= 15 is 0 Å². The topological polar surface area (TPSA) is 137 Å². The van der Waals surface area contributed by atoms with Crippen molar-refractivity contribution in [2.45, 2.75) is 46.1 Å². The number of dihydropyridines is 1. The van der Waals surface area contributed by atoms with Gasteiger partial charge in [-0.25, -0.2) is 4.79 Å². The fraction of sp³-hybridized carbons (Fsp3) is 0.409. The number of nitrogens with one attached hydrogen (secondary N) is 2. The van der Waals surface area contributed by atoms with Gasteiger partial charge < -0.3 is 20.1 Å². The number of carbonyl (C=O) groups excluding carboxylic acids is 3. The van der Waals surface area contributed by atoms with Crippen molar-refractivity contribution in [1.29, 1.82) is 0 Å². The molecule has 1 amide bonds. The summed E-state index contributed by atoms with van der Waals surface area (Å²) in [6.07, 6.45) is 0. The molecule has 2 N–H and O–H groups in total. The van der Waals surface area contributed by atoms with E-state index < -0.39 is 40.8 Å². The first-order valence-electron chi connectivity index (χ1n) is 9.87. The van der Waals surface area contributed by atoms with Crippen LogP contribution in [0.15, 0.2) is 46.8 Å². The average Bonchev–Trinajstić information content (AvgIpc) is 2.69. The fourth-order valence-electron chi connectivity index (χ4n) is 3.51. The minimum Gasteiger partial charge on any atom is -0.466 e. The van der Waals surface area contributed by atoms with Crippen LogP contribution in [0.4, 0.5) is 5.69 Å². The van der Waals surface area contributed by atoms with Crippen LogP contribution in [-0.2, 0) is 23.9 Å². The number of hydrogen-bond acceptors (Lipinski definition) is 8. The third-order valence-electron chi connectivity index (χ3n) is 4.67. The molecule has 0 radical (unpaired) electrons. The molecule has 1 atom stereocenters. The molecule has 1 aliphatic rings. The lowest BCUT2D eigenvalue weighted by molar-refractivity contribution is -0.385. The maximum atomic E-state index is 13.1. The molecule has 0 aliphatic carbocycles. The summed E-state index contributed by atoms with van der Waals surface area (Å²) < 4.78 is 10.1. The van der Waals surface area contributed by atoms with Gasteiger partial charge in [-0.3, -0.25) is 19.7 Å². The van der Waals surface area contributed by atoms with Crippen molar-refractivity contribution in [1.82, 2.24) is 10.6 Å². The van der Waals surface area contributed by atoms with E-state index in [-0.39, 0.29) is 22.4 Å². The maximum Gasteiger partial charge on any atom is 0.336 e. The van der Waals surface area contributed by atoms with Crippen molar-refractivity contribution in [2.24, 2.45) is 0 Å².